The molecule has 0 fully saturated rings. The third-order valence-corrected chi connectivity index (χ3v) is 6.16. The highest BCUT2D eigenvalue weighted by Gasteiger charge is 2.19. The molecular weight excluding hydrogens is 457 g/mol. The molecule has 3 aromatic heterocycles. The van der Waals surface area contributed by atoms with E-state index in [-0.39, 0.29) is 12.2 Å². The molecule has 9 nitrogen and oxygen atoms in total. The molecular formula is C23H24FN7O2S. The normalized spacial score (nSPS) is 11.1. The number of nitrogens with one attached hydrogen (secondary N) is 2. The maximum atomic E-state index is 13.3. The fourth-order valence-electron chi connectivity index (χ4n) is 3.91. The second-order valence-electron chi connectivity index (χ2n) is 7.85. The molecule has 0 atom stereocenters. The molecule has 4 aromatic rings. The van der Waals surface area contributed by atoms with E-state index in [1.165, 1.54) is 23.9 Å². The Morgan fingerprint density at radius 3 is 2.41 bits per heavy atom. The van der Waals surface area contributed by atoms with Gasteiger partial charge in [-0.05, 0) is 64.3 Å². The van der Waals surface area contributed by atoms with Crippen LogP contribution in [0.1, 0.15) is 38.7 Å². The summed E-state index contributed by atoms with van der Waals surface area (Å²) in [4.78, 5) is 34.2. The minimum atomic E-state index is -0.447. The number of rotatable bonds is 5. The van der Waals surface area contributed by atoms with Crippen LogP contribution in [0.15, 0.2) is 35.5 Å². The van der Waals surface area contributed by atoms with Gasteiger partial charge in [-0.1, -0.05) is 11.8 Å². The second kappa shape index (κ2) is 9.26. The molecule has 0 aliphatic carbocycles. The van der Waals surface area contributed by atoms with Crippen molar-refractivity contribution in [2.45, 2.75) is 39.3 Å². The van der Waals surface area contributed by atoms with E-state index in [1.807, 2.05) is 31.6 Å². The number of amides is 2. The van der Waals surface area contributed by atoms with Gasteiger partial charge in [0.1, 0.15) is 5.82 Å². The minimum absolute atomic E-state index is 0.0178. The summed E-state index contributed by atoms with van der Waals surface area (Å²) < 4.78 is 16.8. The summed E-state index contributed by atoms with van der Waals surface area (Å²) in [7, 11) is 0. The Morgan fingerprint density at radius 2 is 1.74 bits per heavy atom. The zero-order chi connectivity index (χ0) is 24.6. The molecule has 176 valence electrons. The largest absolute Gasteiger partial charge is 0.318 e. The Hall–Kier alpha value is -3.73. The monoisotopic (exact) mass is 481 g/mol. The van der Waals surface area contributed by atoms with Crippen LogP contribution in [0, 0.1) is 33.5 Å². The number of hydrogen-bond acceptors (Lipinski definition) is 6. The Balaban J connectivity index is 1.47. The number of fused-ring (bicyclic) bond motifs is 1. The summed E-state index contributed by atoms with van der Waals surface area (Å²) in [6.45, 7) is 7.31. The lowest BCUT2D eigenvalue weighted by Crippen LogP contribution is -2.42. The van der Waals surface area contributed by atoms with Gasteiger partial charge in [0.15, 0.2) is 0 Å². The van der Waals surface area contributed by atoms with Crippen LogP contribution >= 0.6 is 11.8 Å². The first-order valence-electron chi connectivity index (χ1n) is 10.5. The van der Waals surface area contributed by atoms with Crippen LogP contribution in [0.25, 0.3) is 11.5 Å². The van der Waals surface area contributed by atoms with Gasteiger partial charge in [0, 0.05) is 34.0 Å². The summed E-state index contributed by atoms with van der Waals surface area (Å²) in [5.74, 6) is -0.690. The van der Waals surface area contributed by atoms with E-state index in [1.54, 1.807) is 29.6 Å². The number of thioether (sulfide) groups is 1. The highest BCUT2D eigenvalue weighted by molar-refractivity contribution is 7.98. The molecule has 2 amide bonds. The average molecular weight is 482 g/mol. The summed E-state index contributed by atoms with van der Waals surface area (Å²) in [5.41, 5.74) is 9.74. The Morgan fingerprint density at radius 1 is 1.03 bits per heavy atom. The third-order valence-electron chi connectivity index (χ3n) is 5.63. The number of benzene rings is 1. The van der Waals surface area contributed by atoms with E-state index >= 15 is 0 Å². The van der Waals surface area contributed by atoms with Gasteiger partial charge in [0.25, 0.3) is 11.7 Å². The van der Waals surface area contributed by atoms with Crippen molar-refractivity contribution in [2.24, 2.45) is 0 Å². The van der Waals surface area contributed by atoms with E-state index in [9.17, 15) is 14.0 Å². The predicted molar refractivity (Wildman–Crippen MR) is 127 cm³/mol. The molecule has 0 unspecified atom stereocenters. The first-order chi connectivity index (χ1) is 16.2. The van der Waals surface area contributed by atoms with Gasteiger partial charge >= 0.3 is 0 Å². The number of aryl methyl sites for hydroxylation is 3. The van der Waals surface area contributed by atoms with Gasteiger partial charge in [-0.3, -0.25) is 20.4 Å². The van der Waals surface area contributed by atoms with E-state index in [4.69, 9.17) is 0 Å². The molecule has 4 rings (SSSR count). The third kappa shape index (κ3) is 4.38. The number of hydrogen-bond donors (Lipinski definition) is 2. The first kappa shape index (κ1) is 23.4. The van der Waals surface area contributed by atoms with Gasteiger partial charge in [-0.15, -0.1) is 5.10 Å². The quantitative estimate of drug-likeness (QED) is 0.335. The smallest absolute Gasteiger partial charge is 0.271 e. The zero-order valence-electron chi connectivity index (χ0n) is 19.4. The highest BCUT2D eigenvalue weighted by Crippen LogP contribution is 2.21. The fraction of sp³-hybridized carbons (Fsp3) is 0.261. The molecule has 2 N–H and O–H groups in total. The predicted octanol–water partition coefficient (Wildman–Crippen LogP) is 3.01. The average Bonchev–Trinajstić information content (AvgIpc) is 3.36. The van der Waals surface area contributed by atoms with Gasteiger partial charge in [0.05, 0.1) is 12.0 Å². The number of aromatic nitrogens is 5. The van der Waals surface area contributed by atoms with Crippen molar-refractivity contribution in [3.8, 4) is 5.69 Å². The summed E-state index contributed by atoms with van der Waals surface area (Å²) >= 11 is 1.41. The van der Waals surface area contributed by atoms with Crippen LogP contribution in [-0.2, 0) is 11.2 Å². The van der Waals surface area contributed by atoms with Crippen molar-refractivity contribution < 1.29 is 14.0 Å². The van der Waals surface area contributed by atoms with Crippen molar-refractivity contribution in [2.75, 3.05) is 6.26 Å². The van der Waals surface area contributed by atoms with E-state index in [2.05, 4.69) is 25.9 Å². The number of carbonyl (C=O) groups excluding carboxylic acids is 2. The van der Waals surface area contributed by atoms with Crippen LogP contribution in [-0.4, -0.2) is 42.2 Å². The maximum absolute atomic E-state index is 13.3. The molecule has 1 aromatic carbocycles. The number of carbonyl (C=O) groups is 2. The first-order valence-corrected chi connectivity index (χ1v) is 11.7. The Kier molecular flexibility index (Phi) is 6.38. The highest BCUT2D eigenvalue weighted by atomic mass is 32.2. The SMILES string of the molecule is CSc1nc2nc(C)c(CC(=O)NNC(=O)c3cc(C)n(-c4ccc(F)cc4)c3C)c(C)n2n1. The summed E-state index contributed by atoms with van der Waals surface area (Å²) in [5, 5.41) is 4.98. The van der Waals surface area contributed by atoms with Crippen molar-refractivity contribution in [1.82, 2.24) is 35.0 Å². The molecule has 3 heterocycles. The number of halogens is 1. The van der Waals surface area contributed by atoms with Crippen LogP contribution in [0.2, 0.25) is 0 Å². The lowest BCUT2D eigenvalue weighted by Gasteiger charge is -2.12. The standard InChI is InChI=1S/C23H24FN7O2S/c1-12-10-19(14(3)30(12)17-8-6-16(24)7-9-17)21(33)28-27-20(32)11-18-13(2)25-22-26-23(34-5)29-31(22)15(18)4/h6-10H,11H2,1-5H3,(H,27,32)(H,28,33). The van der Waals surface area contributed by atoms with Crippen molar-refractivity contribution >= 4 is 29.4 Å². The molecule has 0 radical (unpaired) electrons. The van der Waals surface area contributed by atoms with E-state index in [0.29, 0.717) is 33.4 Å². The molecule has 0 saturated carbocycles. The molecule has 11 heteroatoms. The Labute approximate surface area is 199 Å². The molecule has 0 saturated heterocycles. The number of nitrogens with zero attached hydrogens (tertiary/aromatic N) is 5. The molecule has 0 aliphatic heterocycles. The van der Waals surface area contributed by atoms with Gasteiger partial charge in [-0.2, -0.15) is 4.98 Å². The Bertz CT molecular complexity index is 1410. The lowest BCUT2D eigenvalue weighted by molar-refractivity contribution is -0.121. The summed E-state index contributed by atoms with van der Waals surface area (Å²) in [6, 6.07) is 7.74. The summed E-state index contributed by atoms with van der Waals surface area (Å²) in [6.07, 6.45) is 1.90. The zero-order valence-corrected chi connectivity index (χ0v) is 20.2. The van der Waals surface area contributed by atoms with Crippen molar-refractivity contribution in [3.05, 3.63) is 70.1 Å². The van der Waals surface area contributed by atoms with Crippen LogP contribution < -0.4 is 10.9 Å². The van der Waals surface area contributed by atoms with Crippen LogP contribution in [0.4, 0.5) is 4.39 Å². The van der Waals surface area contributed by atoms with Gasteiger partial charge in [0.2, 0.25) is 11.1 Å². The van der Waals surface area contributed by atoms with Crippen LogP contribution in [0.5, 0.6) is 0 Å². The minimum Gasteiger partial charge on any atom is -0.318 e. The van der Waals surface area contributed by atoms with E-state index < -0.39 is 11.8 Å². The molecule has 34 heavy (non-hydrogen) atoms. The fourth-order valence-corrected chi connectivity index (χ4v) is 4.25. The second-order valence-corrected chi connectivity index (χ2v) is 8.62. The lowest BCUT2D eigenvalue weighted by atomic mass is 10.1. The maximum Gasteiger partial charge on any atom is 0.271 e. The van der Waals surface area contributed by atoms with Crippen molar-refractivity contribution in [3.63, 3.8) is 0 Å². The molecule has 0 aliphatic rings. The van der Waals surface area contributed by atoms with Gasteiger partial charge < -0.3 is 4.57 Å². The molecule has 0 bridgehead atoms. The molecule has 0 spiro atoms. The van der Waals surface area contributed by atoms with Crippen molar-refractivity contribution in [1.29, 1.82) is 0 Å². The van der Waals surface area contributed by atoms with Crippen LogP contribution in [0.3, 0.4) is 0 Å². The van der Waals surface area contributed by atoms with Gasteiger partial charge in [-0.25, -0.2) is 13.9 Å². The number of hydrazine groups is 1. The van der Waals surface area contributed by atoms with E-state index in [0.717, 1.165) is 17.1 Å². The topological polar surface area (TPSA) is 106 Å².